The number of rotatable bonds is 7. The number of thioether (sulfide) groups is 1. The molecule has 0 saturated heterocycles. The maximum atomic E-state index is 13.6. The summed E-state index contributed by atoms with van der Waals surface area (Å²) in [5, 5.41) is 31.1. The lowest BCUT2D eigenvalue weighted by Gasteiger charge is -2.42. The van der Waals surface area contributed by atoms with Gasteiger partial charge in [-0.3, -0.25) is 14.5 Å². The van der Waals surface area contributed by atoms with Gasteiger partial charge in [0, 0.05) is 23.4 Å². The molecule has 5 rings (SSSR count). The number of carbonyl (C=O) groups is 3. The highest BCUT2D eigenvalue weighted by Crippen LogP contribution is 2.50. The van der Waals surface area contributed by atoms with E-state index in [1.54, 1.807) is 4.90 Å². The van der Waals surface area contributed by atoms with Gasteiger partial charge in [0.2, 0.25) is 11.0 Å². The van der Waals surface area contributed by atoms with Crippen LogP contribution in [-0.2, 0) is 9.59 Å². The maximum Gasteiger partial charge on any atom is 0.337 e. The summed E-state index contributed by atoms with van der Waals surface area (Å²) < 4.78 is 0.475. The van der Waals surface area contributed by atoms with Gasteiger partial charge >= 0.3 is 5.97 Å². The number of benzene rings is 2. The Labute approximate surface area is 254 Å². The summed E-state index contributed by atoms with van der Waals surface area (Å²) in [5.41, 5.74) is 8.82. The number of aromatic carboxylic acids is 1. The monoisotopic (exact) mass is 620 g/mol. The quantitative estimate of drug-likeness (QED) is 0.285. The number of allylic oxidation sites excluding steroid dienone is 3. The van der Waals surface area contributed by atoms with E-state index >= 15 is 0 Å². The fourth-order valence-electron chi connectivity index (χ4n) is 5.15. The first-order valence-corrected chi connectivity index (χ1v) is 15.0. The van der Waals surface area contributed by atoms with Crippen molar-refractivity contribution in [3.8, 4) is 6.07 Å². The Morgan fingerprint density at radius 1 is 1.24 bits per heavy atom. The number of hydrogen-bond acceptors (Lipinski definition) is 10. The van der Waals surface area contributed by atoms with Crippen LogP contribution < -0.4 is 16.0 Å². The largest absolute Gasteiger partial charge is 0.478 e. The van der Waals surface area contributed by atoms with Crippen molar-refractivity contribution in [1.82, 2.24) is 10.2 Å². The molecule has 0 bridgehead atoms. The van der Waals surface area contributed by atoms with Crippen LogP contribution in [-0.4, -0.2) is 38.7 Å². The van der Waals surface area contributed by atoms with Crippen LogP contribution in [0.3, 0.4) is 0 Å². The summed E-state index contributed by atoms with van der Waals surface area (Å²) in [6.07, 6.45) is 0.885. The lowest BCUT2D eigenvalue weighted by atomic mass is 9.69. The van der Waals surface area contributed by atoms with E-state index in [0.717, 1.165) is 17.3 Å². The Morgan fingerprint density at radius 3 is 2.67 bits per heavy atom. The van der Waals surface area contributed by atoms with Gasteiger partial charge in [0.1, 0.15) is 5.82 Å². The van der Waals surface area contributed by atoms with Gasteiger partial charge in [-0.05, 0) is 35.6 Å². The summed E-state index contributed by atoms with van der Waals surface area (Å²) in [6, 6.07) is 15.8. The van der Waals surface area contributed by atoms with Gasteiger partial charge in [-0.15, -0.1) is 10.2 Å². The van der Waals surface area contributed by atoms with Crippen molar-refractivity contribution in [2.45, 2.75) is 36.9 Å². The molecule has 1 unspecified atom stereocenters. The SMILES string of the molecule is CC1(C)CC(=O)C2=C(C1)N(c1nnc(SCC(=O)Nc3ccc(Cl)c(C(=O)O)c3)s1)C(N)=C(C#N)C2c1ccccc1. The third-order valence-corrected chi connectivity index (χ3v) is 9.28. The van der Waals surface area contributed by atoms with Crippen molar-refractivity contribution < 1.29 is 19.5 Å². The van der Waals surface area contributed by atoms with E-state index in [1.807, 2.05) is 44.2 Å². The topological polar surface area (TPSA) is 162 Å². The van der Waals surface area contributed by atoms with Crippen LogP contribution in [0.5, 0.6) is 0 Å². The molecule has 13 heteroatoms. The van der Waals surface area contributed by atoms with Crippen molar-refractivity contribution in [2.75, 3.05) is 16.0 Å². The normalized spacial score (nSPS) is 18.0. The molecule has 214 valence electrons. The smallest absolute Gasteiger partial charge is 0.337 e. The first-order chi connectivity index (χ1) is 20.0. The van der Waals surface area contributed by atoms with E-state index < -0.39 is 11.9 Å². The van der Waals surface area contributed by atoms with E-state index in [9.17, 15) is 24.8 Å². The van der Waals surface area contributed by atoms with Crippen LogP contribution >= 0.6 is 34.7 Å². The van der Waals surface area contributed by atoms with Gasteiger partial charge in [0.25, 0.3) is 0 Å². The van der Waals surface area contributed by atoms with Gasteiger partial charge in [0.05, 0.1) is 33.9 Å². The maximum absolute atomic E-state index is 13.6. The molecule has 42 heavy (non-hydrogen) atoms. The number of carboxylic acid groups (broad SMARTS) is 1. The second-order valence-electron chi connectivity index (χ2n) is 10.6. The number of nitrogens with one attached hydrogen (secondary N) is 1. The van der Waals surface area contributed by atoms with Gasteiger partial charge in [0.15, 0.2) is 10.1 Å². The van der Waals surface area contributed by atoms with Crippen molar-refractivity contribution in [2.24, 2.45) is 11.1 Å². The number of hydrogen-bond donors (Lipinski definition) is 3. The summed E-state index contributed by atoms with van der Waals surface area (Å²) in [5.74, 6) is -2.03. The molecule has 0 fully saturated rings. The molecule has 1 atom stereocenters. The Balaban J connectivity index is 1.42. The fraction of sp³-hybridized carbons (Fsp3) is 0.241. The van der Waals surface area contributed by atoms with Crippen LogP contribution in [0.15, 0.2) is 75.5 Å². The van der Waals surface area contributed by atoms with Crippen molar-refractivity contribution in [3.05, 3.63) is 87.3 Å². The predicted molar refractivity (Wildman–Crippen MR) is 161 cm³/mol. The van der Waals surface area contributed by atoms with E-state index in [1.165, 1.54) is 29.5 Å². The Morgan fingerprint density at radius 2 is 1.98 bits per heavy atom. The van der Waals surface area contributed by atoms with Crippen molar-refractivity contribution >= 4 is 63.2 Å². The first kappa shape index (κ1) is 29.3. The second kappa shape index (κ2) is 11.6. The van der Waals surface area contributed by atoms with Crippen LogP contribution in [0.4, 0.5) is 10.8 Å². The highest BCUT2D eigenvalue weighted by molar-refractivity contribution is 8.01. The molecule has 1 aromatic heterocycles. The Hall–Kier alpha value is -4.18. The fourth-order valence-corrected chi connectivity index (χ4v) is 7.03. The predicted octanol–water partition coefficient (Wildman–Crippen LogP) is 5.56. The van der Waals surface area contributed by atoms with Crippen LogP contribution in [0.25, 0.3) is 0 Å². The number of halogens is 1. The third-order valence-electron chi connectivity index (χ3n) is 6.91. The van der Waals surface area contributed by atoms with Gasteiger partial charge in [-0.1, -0.05) is 78.9 Å². The molecule has 1 aliphatic heterocycles. The molecule has 1 amide bonds. The van der Waals surface area contributed by atoms with Gasteiger partial charge in [-0.2, -0.15) is 5.26 Å². The zero-order valence-electron chi connectivity index (χ0n) is 22.6. The molecular weight excluding hydrogens is 596 g/mol. The molecule has 3 aromatic rings. The van der Waals surface area contributed by atoms with Crippen LogP contribution in [0, 0.1) is 16.7 Å². The molecule has 10 nitrogen and oxygen atoms in total. The molecule has 2 aromatic carbocycles. The van der Waals surface area contributed by atoms with E-state index in [2.05, 4.69) is 21.6 Å². The number of anilines is 2. The van der Waals surface area contributed by atoms with Gasteiger partial charge < -0.3 is 16.2 Å². The summed E-state index contributed by atoms with van der Waals surface area (Å²) in [4.78, 5) is 39.2. The number of carbonyl (C=O) groups excluding carboxylic acids is 2. The van der Waals surface area contributed by atoms with Crippen LogP contribution in [0.2, 0.25) is 5.02 Å². The summed E-state index contributed by atoms with van der Waals surface area (Å²) in [7, 11) is 0. The number of carboxylic acids is 1. The number of amides is 1. The molecule has 2 heterocycles. The van der Waals surface area contributed by atoms with Crippen molar-refractivity contribution in [3.63, 3.8) is 0 Å². The Bertz CT molecular complexity index is 1710. The number of Topliss-reactive ketones (excluding diaryl/α,β-unsaturated/α-hetero) is 1. The zero-order chi connectivity index (χ0) is 30.2. The third kappa shape index (κ3) is 5.76. The number of ketones is 1. The van der Waals surface area contributed by atoms with E-state index in [0.29, 0.717) is 39.3 Å². The first-order valence-electron chi connectivity index (χ1n) is 12.8. The van der Waals surface area contributed by atoms with Crippen molar-refractivity contribution in [1.29, 1.82) is 5.26 Å². The molecule has 0 radical (unpaired) electrons. The average Bonchev–Trinajstić information content (AvgIpc) is 3.40. The highest BCUT2D eigenvalue weighted by Gasteiger charge is 2.45. The zero-order valence-corrected chi connectivity index (χ0v) is 24.9. The molecule has 4 N–H and O–H groups in total. The second-order valence-corrected chi connectivity index (χ2v) is 13.2. The molecule has 1 aliphatic carbocycles. The number of nitrogens with two attached hydrogens (primary N) is 1. The minimum Gasteiger partial charge on any atom is -0.478 e. The molecule has 0 spiro atoms. The van der Waals surface area contributed by atoms with E-state index in [4.69, 9.17) is 17.3 Å². The van der Waals surface area contributed by atoms with Gasteiger partial charge in [-0.25, -0.2) is 4.79 Å². The molecule has 2 aliphatic rings. The minimum absolute atomic E-state index is 0.0238. The lowest BCUT2D eigenvalue weighted by Crippen LogP contribution is -2.42. The van der Waals surface area contributed by atoms with Crippen LogP contribution in [0.1, 0.15) is 48.5 Å². The molecular formula is C29H25ClN6O4S2. The molecule has 0 saturated carbocycles. The number of nitrogens with zero attached hydrogens (tertiary/aromatic N) is 4. The highest BCUT2D eigenvalue weighted by atomic mass is 35.5. The summed E-state index contributed by atoms with van der Waals surface area (Å²) >= 11 is 8.23. The lowest BCUT2D eigenvalue weighted by molar-refractivity contribution is -0.118. The number of nitriles is 1. The standard InChI is InChI=1S/C29H25ClN6O4S2/c1-29(2)11-20-24(21(37)12-29)23(15-6-4-3-5-7-15)18(13-31)25(32)36(20)27-34-35-28(42-27)41-14-22(38)33-16-8-9-19(30)17(10-16)26(39)40/h3-10,23H,11-12,14,32H2,1-2H3,(H,33,38)(H,39,40). The number of aromatic nitrogens is 2. The summed E-state index contributed by atoms with van der Waals surface area (Å²) in [6.45, 7) is 4.04. The van der Waals surface area contributed by atoms with E-state index in [-0.39, 0.29) is 44.8 Å². The minimum atomic E-state index is -1.20. The average molecular weight is 621 g/mol. The Kier molecular flexibility index (Phi) is 8.10.